The van der Waals surface area contributed by atoms with Gasteiger partial charge in [-0.25, -0.2) is 4.39 Å². The zero-order chi connectivity index (χ0) is 17.6. The molecule has 2 aromatic rings. The highest BCUT2D eigenvalue weighted by molar-refractivity contribution is 6.10. The SMILES string of the molecule is O=C(Nc1cccc(F)c1)c1ccccc1NC(=O)C1CC=CCC1. The van der Waals surface area contributed by atoms with Crippen LogP contribution in [0.1, 0.15) is 29.6 Å². The minimum atomic E-state index is -0.426. The Morgan fingerprint density at radius 2 is 1.84 bits per heavy atom. The van der Waals surface area contributed by atoms with E-state index in [9.17, 15) is 14.0 Å². The molecule has 5 heteroatoms. The van der Waals surface area contributed by atoms with Gasteiger partial charge in [-0.2, -0.15) is 0 Å². The molecular formula is C20H19FN2O2. The van der Waals surface area contributed by atoms with Crippen LogP contribution < -0.4 is 10.6 Å². The molecule has 0 saturated carbocycles. The highest BCUT2D eigenvalue weighted by atomic mass is 19.1. The Kier molecular flexibility index (Phi) is 5.23. The molecular weight excluding hydrogens is 319 g/mol. The molecule has 0 fully saturated rings. The zero-order valence-corrected chi connectivity index (χ0v) is 13.7. The number of carbonyl (C=O) groups is 2. The lowest BCUT2D eigenvalue weighted by Crippen LogP contribution is -2.25. The number of halogens is 1. The van der Waals surface area contributed by atoms with Gasteiger partial charge in [0.05, 0.1) is 11.3 Å². The summed E-state index contributed by atoms with van der Waals surface area (Å²) in [6, 6.07) is 12.5. The van der Waals surface area contributed by atoms with E-state index < -0.39 is 11.7 Å². The van der Waals surface area contributed by atoms with Crippen molar-refractivity contribution in [3.05, 3.63) is 72.1 Å². The molecule has 2 N–H and O–H groups in total. The lowest BCUT2D eigenvalue weighted by Gasteiger charge is -2.18. The van der Waals surface area contributed by atoms with E-state index in [0.717, 1.165) is 12.8 Å². The van der Waals surface area contributed by atoms with E-state index in [1.807, 2.05) is 6.08 Å². The molecule has 128 valence electrons. The Morgan fingerprint density at radius 3 is 2.60 bits per heavy atom. The Labute approximate surface area is 145 Å². The molecule has 0 radical (unpaired) electrons. The van der Waals surface area contributed by atoms with E-state index in [1.165, 1.54) is 18.2 Å². The second kappa shape index (κ2) is 7.75. The Hall–Kier alpha value is -2.95. The summed E-state index contributed by atoms with van der Waals surface area (Å²) >= 11 is 0. The van der Waals surface area contributed by atoms with Gasteiger partial charge in [0.25, 0.3) is 5.91 Å². The first-order chi connectivity index (χ1) is 12.1. The number of para-hydroxylation sites is 1. The molecule has 0 saturated heterocycles. The molecule has 1 unspecified atom stereocenters. The van der Waals surface area contributed by atoms with Gasteiger partial charge in [0.2, 0.25) is 5.91 Å². The van der Waals surface area contributed by atoms with Gasteiger partial charge in [-0.05, 0) is 49.6 Å². The molecule has 4 nitrogen and oxygen atoms in total. The first-order valence-corrected chi connectivity index (χ1v) is 8.25. The van der Waals surface area contributed by atoms with Crippen LogP contribution in [0.5, 0.6) is 0 Å². The van der Waals surface area contributed by atoms with E-state index in [2.05, 4.69) is 16.7 Å². The fraction of sp³-hybridized carbons (Fsp3) is 0.200. The van der Waals surface area contributed by atoms with Crippen molar-refractivity contribution in [1.29, 1.82) is 0 Å². The minimum absolute atomic E-state index is 0.0793. The van der Waals surface area contributed by atoms with Gasteiger partial charge in [0.15, 0.2) is 0 Å². The van der Waals surface area contributed by atoms with Crippen molar-refractivity contribution < 1.29 is 14.0 Å². The van der Waals surface area contributed by atoms with Crippen LogP contribution in [-0.4, -0.2) is 11.8 Å². The van der Waals surface area contributed by atoms with Crippen LogP contribution in [0.2, 0.25) is 0 Å². The summed E-state index contributed by atoms with van der Waals surface area (Å²) in [4.78, 5) is 24.9. The first kappa shape index (κ1) is 16.9. The summed E-state index contributed by atoms with van der Waals surface area (Å²) in [5.41, 5.74) is 1.16. The third kappa shape index (κ3) is 4.32. The molecule has 0 aromatic heterocycles. The van der Waals surface area contributed by atoms with Gasteiger partial charge in [-0.15, -0.1) is 0 Å². The zero-order valence-electron chi connectivity index (χ0n) is 13.7. The molecule has 0 aliphatic heterocycles. The molecule has 1 aliphatic carbocycles. The Bertz CT molecular complexity index is 817. The predicted octanol–water partition coefficient (Wildman–Crippen LogP) is 4.37. The molecule has 0 spiro atoms. The lowest BCUT2D eigenvalue weighted by molar-refractivity contribution is -0.120. The van der Waals surface area contributed by atoms with Gasteiger partial charge in [0.1, 0.15) is 5.82 Å². The average molecular weight is 338 g/mol. The number of amides is 2. The number of anilines is 2. The van der Waals surface area contributed by atoms with E-state index in [0.29, 0.717) is 23.4 Å². The monoisotopic (exact) mass is 338 g/mol. The number of allylic oxidation sites excluding steroid dienone is 2. The standard InChI is InChI=1S/C20H19FN2O2/c21-15-9-6-10-16(13-15)22-20(25)17-11-4-5-12-18(17)23-19(24)14-7-2-1-3-8-14/h1-2,4-6,9-14H,3,7-8H2,(H,22,25)(H,23,24). The van der Waals surface area contributed by atoms with Crippen LogP contribution in [0.3, 0.4) is 0 Å². The summed E-state index contributed by atoms with van der Waals surface area (Å²) in [5.74, 6) is -0.991. The van der Waals surface area contributed by atoms with Crippen LogP contribution >= 0.6 is 0 Å². The van der Waals surface area contributed by atoms with Crippen molar-refractivity contribution in [3.63, 3.8) is 0 Å². The van der Waals surface area contributed by atoms with Gasteiger partial charge in [0, 0.05) is 11.6 Å². The molecule has 1 aliphatic rings. The molecule has 3 rings (SSSR count). The molecule has 2 amide bonds. The van der Waals surface area contributed by atoms with Crippen LogP contribution in [0.15, 0.2) is 60.7 Å². The fourth-order valence-corrected chi connectivity index (χ4v) is 2.82. The lowest BCUT2D eigenvalue weighted by atomic mass is 9.93. The molecule has 0 bridgehead atoms. The van der Waals surface area contributed by atoms with Crippen molar-refractivity contribution in [1.82, 2.24) is 0 Å². The summed E-state index contributed by atoms with van der Waals surface area (Å²) in [6.07, 6.45) is 6.49. The summed E-state index contributed by atoms with van der Waals surface area (Å²) in [7, 11) is 0. The Morgan fingerprint density at radius 1 is 1.00 bits per heavy atom. The highest BCUT2D eigenvalue weighted by Gasteiger charge is 2.20. The van der Waals surface area contributed by atoms with Gasteiger partial charge in [-0.3, -0.25) is 9.59 Å². The molecule has 2 aromatic carbocycles. The van der Waals surface area contributed by atoms with Gasteiger partial charge < -0.3 is 10.6 Å². The van der Waals surface area contributed by atoms with E-state index >= 15 is 0 Å². The quantitative estimate of drug-likeness (QED) is 0.813. The topological polar surface area (TPSA) is 58.2 Å². The molecule has 25 heavy (non-hydrogen) atoms. The maximum atomic E-state index is 13.3. The Balaban J connectivity index is 1.74. The maximum Gasteiger partial charge on any atom is 0.257 e. The predicted molar refractivity (Wildman–Crippen MR) is 95.9 cm³/mol. The van der Waals surface area contributed by atoms with E-state index in [-0.39, 0.29) is 11.8 Å². The largest absolute Gasteiger partial charge is 0.325 e. The van der Waals surface area contributed by atoms with Crippen molar-refractivity contribution in [3.8, 4) is 0 Å². The molecule has 0 heterocycles. The second-order valence-corrected chi connectivity index (χ2v) is 5.98. The van der Waals surface area contributed by atoms with Crippen molar-refractivity contribution >= 4 is 23.2 Å². The number of rotatable bonds is 4. The van der Waals surface area contributed by atoms with Crippen LogP contribution in [0.25, 0.3) is 0 Å². The number of carbonyl (C=O) groups excluding carboxylic acids is 2. The number of hydrogen-bond acceptors (Lipinski definition) is 2. The smallest absolute Gasteiger partial charge is 0.257 e. The summed E-state index contributed by atoms with van der Waals surface area (Å²) < 4.78 is 13.3. The van der Waals surface area contributed by atoms with Crippen molar-refractivity contribution in [2.75, 3.05) is 10.6 Å². The van der Waals surface area contributed by atoms with Crippen LogP contribution in [-0.2, 0) is 4.79 Å². The first-order valence-electron chi connectivity index (χ1n) is 8.25. The third-order valence-electron chi connectivity index (χ3n) is 4.15. The van der Waals surface area contributed by atoms with Gasteiger partial charge in [-0.1, -0.05) is 30.4 Å². The summed E-state index contributed by atoms with van der Waals surface area (Å²) in [6.45, 7) is 0. The van der Waals surface area contributed by atoms with Crippen molar-refractivity contribution in [2.24, 2.45) is 5.92 Å². The van der Waals surface area contributed by atoms with E-state index in [1.54, 1.807) is 30.3 Å². The number of hydrogen-bond donors (Lipinski definition) is 2. The van der Waals surface area contributed by atoms with Crippen molar-refractivity contribution in [2.45, 2.75) is 19.3 Å². The summed E-state index contributed by atoms with van der Waals surface area (Å²) in [5, 5.41) is 5.50. The normalized spacial score (nSPS) is 16.3. The molecule has 1 atom stereocenters. The maximum absolute atomic E-state index is 13.3. The minimum Gasteiger partial charge on any atom is -0.325 e. The number of benzene rings is 2. The fourth-order valence-electron chi connectivity index (χ4n) is 2.82. The third-order valence-corrected chi connectivity index (χ3v) is 4.15. The van der Waals surface area contributed by atoms with Crippen LogP contribution in [0.4, 0.5) is 15.8 Å². The average Bonchev–Trinajstić information content (AvgIpc) is 2.63. The van der Waals surface area contributed by atoms with Crippen LogP contribution in [0, 0.1) is 11.7 Å². The highest BCUT2D eigenvalue weighted by Crippen LogP contribution is 2.23. The van der Waals surface area contributed by atoms with E-state index in [4.69, 9.17) is 0 Å². The second-order valence-electron chi connectivity index (χ2n) is 5.98. The number of nitrogens with one attached hydrogen (secondary N) is 2. The van der Waals surface area contributed by atoms with Gasteiger partial charge >= 0.3 is 0 Å².